The van der Waals surface area contributed by atoms with Crippen LogP contribution in [0, 0.1) is 11.7 Å². The van der Waals surface area contributed by atoms with Crippen molar-refractivity contribution in [2.45, 2.75) is 19.8 Å². The molecule has 4 rings (SSSR count). The van der Waals surface area contributed by atoms with Crippen LogP contribution >= 0.6 is 0 Å². The fourth-order valence-electron chi connectivity index (χ4n) is 3.27. The fraction of sp³-hybridized carbons (Fsp3) is 0.375. The molecule has 1 aliphatic rings. The van der Waals surface area contributed by atoms with Gasteiger partial charge in [0.05, 0.1) is 0 Å². The third-order valence-corrected chi connectivity index (χ3v) is 4.28. The third-order valence-electron chi connectivity index (χ3n) is 4.28. The van der Waals surface area contributed by atoms with Gasteiger partial charge in [0.2, 0.25) is 0 Å². The molecule has 0 unspecified atom stereocenters. The van der Waals surface area contributed by atoms with Crippen molar-refractivity contribution in [3.63, 3.8) is 0 Å². The van der Waals surface area contributed by atoms with E-state index in [0.717, 1.165) is 40.8 Å². The SMILES string of the molecule is C[C@@H]1CCCN(c2ncnc3c2[nH]c2ccc(F)cc23)C1. The average Bonchev–Trinajstić information content (AvgIpc) is 2.85. The Kier molecular flexibility index (Phi) is 2.80. The maximum atomic E-state index is 13.5. The third kappa shape index (κ3) is 2.04. The lowest BCUT2D eigenvalue weighted by Crippen LogP contribution is -2.35. The lowest BCUT2D eigenvalue weighted by molar-refractivity contribution is 0.445. The van der Waals surface area contributed by atoms with Crippen LogP contribution in [0.5, 0.6) is 0 Å². The number of nitrogens with zero attached hydrogens (tertiary/aromatic N) is 3. The first-order valence-corrected chi connectivity index (χ1v) is 7.39. The molecule has 5 heteroatoms. The zero-order chi connectivity index (χ0) is 14.4. The second kappa shape index (κ2) is 4.69. The van der Waals surface area contributed by atoms with Crippen molar-refractivity contribution in [1.29, 1.82) is 0 Å². The molecule has 0 radical (unpaired) electrons. The topological polar surface area (TPSA) is 44.8 Å². The second-order valence-electron chi connectivity index (χ2n) is 5.93. The number of fused-ring (bicyclic) bond motifs is 3. The summed E-state index contributed by atoms with van der Waals surface area (Å²) < 4.78 is 13.5. The zero-order valence-electron chi connectivity index (χ0n) is 11.9. The van der Waals surface area contributed by atoms with Gasteiger partial charge in [-0.25, -0.2) is 14.4 Å². The number of H-pyrrole nitrogens is 1. The van der Waals surface area contributed by atoms with E-state index < -0.39 is 0 Å². The minimum atomic E-state index is -0.241. The van der Waals surface area contributed by atoms with E-state index in [1.54, 1.807) is 12.4 Å². The molecule has 1 aromatic carbocycles. The first kappa shape index (κ1) is 12.6. The van der Waals surface area contributed by atoms with Crippen molar-refractivity contribution < 1.29 is 4.39 Å². The monoisotopic (exact) mass is 284 g/mol. The number of aromatic amines is 1. The van der Waals surface area contributed by atoms with Gasteiger partial charge in [0.1, 0.15) is 23.2 Å². The van der Waals surface area contributed by atoms with Crippen LogP contribution in [0.4, 0.5) is 10.2 Å². The fourth-order valence-corrected chi connectivity index (χ4v) is 3.27. The molecule has 1 N–H and O–H groups in total. The van der Waals surface area contributed by atoms with Crippen LogP contribution in [0.1, 0.15) is 19.8 Å². The van der Waals surface area contributed by atoms with E-state index in [2.05, 4.69) is 26.8 Å². The van der Waals surface area contributed by atoms with E-state index in [1.807, 2.05) is 0 Å². The molecule has 0 aliphatic carbocycles. The smallest absolute Gasteiger partial charge is 0.156 e. The minimum Gasteiger partial charge on any atom is -0.355 e. The Hall–Kier alpha value is -2.17. The summed E-state index contributed by atoms with van der Waals surface area (Å²) in [6.07, 6.45) is 4.03. The summed E-state index contributed by atoms with van der Waals surface area (Å²) in [7, 11) is 0. The molecule has 1 aliphatic heterocycles. The van der Waals surface area contributed by atoms with Gasteiger partial charge >= 0.3 is 0 Å². The first-order chi connectivity index (χ1) is 10.2. The Bertz CT molecular complexity index is 810. The van der Waals surface area contributed by atoms with Crippen LogP contribution in [0.3, 0.4) is 0 Å². The Balaban J connectivity index is 1.91. The Morgan fingerprint density at radius 3 is 3.10 bits per heavy atom. The average molecular weight is 284 g/mol. The van der Waals surface area contributed by atoms with E-state index in [0.29, 0.717) is 5.92 Å². The number of halogens is 1. The summed E-state index contributed by atoms with van der Waals surface area (Å²) >= 11 is 0. The Morgan fingerprint density at radius 2 is 2.24 bits per heavy atom. The molecule has 3 heterocycles. The Labute approximate surface area is 122 Å². The summed E-state index contributed by atoms with van der Waals surface area (Å²) in [5.74, 6) is 1.36. The molecule has 0 amide bonds. The Morgan fingerprint density at radius 1 is 1.33 bits per heavy atom. The number of nitrogens with one attached hydrogen (secondary N) is 1. The summed E-state index contributed by atoms with van der Waals surface area (Å²) in [5, 5.41) is 0.818. The van der Waals surface area contributed by atoms with Gasteiger partial charge in [-0.15, -0.1) is 0 Å². The van der Waals surface area contributed by atoms with Crippen molar-refractivity contribution in [2.24, 2.45) is 5.92 Å². The molecule has 0 spiro atoms. The predicted octanol–water partition coefficient (Wildman–Crippen LogP) is 3.49. The summed E-state index contributed by atoms with van der Waals surface area (Å²) in [5.41, 5.74) is 2.61. The molecule has 4 nitrogen and oxygen atoms in total. The van der Waals surface area contributed by atoms with Crippen LogP contribution in [0.2, 0.25) is 0 Å². The van der Waals surface area contributed by atoms with Crippen molar-refractivity contribution in [3.05, 3.63) is 30.3 Å². The van der Waals surface area contributed by atoms with Gasteiger partial charge in [0.25, 0.3) is 0 Å². The van der Waals surface area contributed by atoms with E-state index >= 15 is 0 Å². The molecule has 1 saturated heterocycles. The van der Waals surface area contributed by atoms with Crippen molar-refractivity contribution in [2.75, 3.05) is 18.0 Å². The van der Waals surface area contributed by atoms with E-state index in [4.69, 9.17) is 0 Å². The predicted molar refractivity (Wildman–Crippen MR) is 82.0 cm³/mol. The van der Waals surface area contributed by atoms with Crippen molar-refractivity contribution >= 4 is 27.8 Å². The first-order valence-electron chi connectivity index (χ1n) is 7.39. The number of aromatic nitrogens is 3. The number of anilines is 1. The second-order valence-corrected chi connectivity index (χ2v) is 5.93. The lowest BCUT2D eigenvalue weighted by Gasteiger charge is -2.31. The summed E-state index contributed by atoms with van der Waals surface area (Å²) in [6, 6.07) is 4.76. The number of rotatable bonds is 1. The zero-order valence-corrected chi connectivity index (χ0v) is 11.9. The maximum absolute atomic E-state index is 13.5. The number of benzene rings is 1. The molecule has 2 aromatic heterocycles. The number of hydrogen-bond donors (Lipinski definition) is 1. The number of hydrogen-bond acceptors (Lipinski definition) is 3. The molecular weight excluding hydrogens is 267 g/mol. The van der Waals surface area contributed by atoms with Gasteiger partial charge in [-0.3, -0.25) is 0 Å². The molecule has 1 fully saturated rings. The van der Waals surface area contributed by atoms with Gasteiger partial charge in [-0.1, -0.05) is 6.92 Å². The van der Waals surface area contributed by atoms with Crippen LogP contribution in [-0.4, -0.2) is 28.0 Å². The highest BCUT2D eigenvalue weighted by Gasteiger charge is 2.21. The maximum Gasteiger partial charge on any atom is 0.156 e. The molecule has 21 heavy (non-hydrogen) atoms. The van der Waals surface area contributed by atoms with Gasteiger partial charge in [-0.05, 0) is 37.0 Å². The minimum absolute atomic E-state index is 0.241. The van der Waals surface area contributed by atoms with Gasteiger partial charge in [0, 0.05) is 24.0 Å². The highest BCUT2D eigenvalue weighted by Crippen LogP contribution is 2.31. The van der Waals surface area contributed by atoms with Crippen LogP contribution in [0.15, 0.2) is 24.5 Å². The lowest BCUT2D eigenvalue weighted by atomic mass is 10.0. The molecular formula is C16H17FN4. The highest BCUT2D eigenvalue weighted by atomic mass is 19.1. The standard InChI is InChI=1S/C16H17FN4/c1-10-3-2-6-21(8-10)16-15-14(18-9-19-16)12-7-11(17)4-5-13(12)20-15/h4-5,7,9-10,20H,2-3,6,8H2,1H3/t10-/m1/s1. The van der Waals surface area contributed by atoms with Gasteiger partial charge in [0.15, 0.2) is 5.82 Å². The quantitative estimate of drug-likeness (QED) is 0.744. The van der Waals surface area contributed by atoms with Gasteiger partial charge in [-0.2, -0.15) is 0 Å². The summed E-state index contributed by atoms with van der Waals surface area (Å²) in [4.78, 5) is 14.5. The normalized spacial score (nSPS) is 19.5. The molecule has 0 saturated carbocycles. The molecule has 0 bridgehead atoms. The van der Waals surface area contributed by atoms with Crippen LogP contribution in [-0.2, 0) is 0 Å². The van der Waals surface area contributed by atoms with Gasteiger partial charge < -0.3 is 9.88 Å². The largest absolute Gasteiger partial charge is 0.355 e. The molecule has 3 aromatic rings. The van der Waals surface area contributed by atoms with Crippen molar-refractivity contribution in [1.82, 2.24) is 15.0 Å². The summed E-state index contributed by atoms with van der Waals surface area (Å²) in [6.45, 7) is 4.29. The van der Waals surface area contributed by atoms with E-state index in [9.17, 15) is 4.39 Å². The van der Waals surface area contributed by atoms with Crippen LogP contribution < -0.4 is 4.90 Å². The van der Waals surface area contributed by atoms with E-state index in [-0.39, 0.29) is 5.82 Å². The van der Waals surface area contributed by atoms with E-state index in [1.165, 1.54) is 25.0 Å². The highest BCUT2D eigenvalue weighted by molar-refractivity contribution is 6.08. The van der Waals surface area contributed by atoms with Crippen molar-refractivity contribution in [3.8, 4) is 0 Å². The van der Waals surface area contributed by atoms with Crippen LogP contribution in [0.25, 0.3) is 21.9 Å². The molecule has 1 atom stereocenters. The number of piperidine rings is 1. The molecule has 108 valence electrons.